The van der Waals surface area contributed by atoms with Crippen molar-refractivity contribution in [2.24, 2.45) is 5.73 Å². The van der Waals surface area contributed by atoms with E-state index >= 15 is 0 Å². The van der Waals surface area contributed by atoms with Crippen LogP contribution in [0.15, 0.2) is 24.3 Å². The van der Waals surface area contributed by atoms with Gasteiger partial charge < -0.3 is 15.4 Å². The summed E-state index contributed by atoms with van der Waals surface area (Å²) < 4.78 is 7.15. The molecular weight excluding hydrogens is 350 g/mol. The van der Waals surface area contributed by atoms with Crippen molar-refractivity contribution in [1.82, 2.24) is 19.7 Å². The number of rotatable bonds is 6. The average molecular weight is 375 g/mol. The molecule has 1 aliphatic heterocycles. The third kappa shape index (κ3) is 4.12. The predicted molar refractivity (Wildman–Crippen MR) is 103 cm³/mol. The fourth-order valence-corrected chi connectivity index (χ4v) is 3.62. The molecule has 140 valence electrons. The first-order valence-corrected chi connectivity index (χ1v) is 10.2. The number of carbonyl (C=O) groups is 1. The van der Waals surface area contributed by atoms with Crippen molar-refractivity contribution in [2.75, 3.05) is 32.2 Å². The summed E-state index contributed by atoms with van der Waals surface area (Å²) in [5.74, 6) is 3.65. The van der Waals surface area contributed by atoms with E-state index in [1.54, 1.807) is 23.8 Å². The third-order valence-corrected chi connectivity index (χ3v) is 5.23. The molecule has 1 fully saturated rings. The van der Waals surface area contributed by atoms with Gasteiger partial charge >= 0.3 is 6.03 Å². The number of aryl methyl sites for hydroxylation is 1. The number of hydrogen-bond acceptors (Lipinski definition) is 5. The summed E-state index contributed by atoms with van der Waals surface area (Å²) in [4.78, 5) is 18.1. The Hall–Kier alpha value is -2.22. The number of carbonyl (C=O) groups excluding carboxylic acids is 1. The summed E-state index contributed by atoms with van der Waals surface area (Å²) in [5.41, 5.74) is 6.43. The standard InChI is InChI=1S/C18H25N5O2S/c1-25-15-7-5-14(6-8-15)23-17(20-16(21-23)9-11-26-2)13-4-3-10-22(12-13)18(19)24/h5-8,13H,3-4,9-12H2,1-2H3,(H2,19,24). The van der Waals surface area contributed by atoms with Crippen molar-refractivity contribution in [3.05, 3.63) is 35.9 Å². The number of urea groups is 1. The highest BCUT2D eigenvalue weighted by molar-refractivity contribution is 7.98. The molecule has 8 heteroatoms. The quantitative estimate of drug-likeness (QED) is 0.838. The SMILES string of the molecule is COc1ccc(-n2nc(CCSC)nc2C2CCCN(C(N)=O)C2)cc1. The van der Waals surface area contributed by atoms with Crippen LogP contribution in [0.5, 0.6) is 5.75 Å². The Morgan fingerprint density at radius 2 is 2.15 bits per heavy atom. The molecule has 0 radical (unpaired) electrons. The molecule has 3 rings (SSSR count). The molecule has 0 bridgehead atoms. The molecular formula is C18H25N5O2S. The number of hydrogen-bond donors (Lipinski definition) is 1. The molecule has 1 aromatic carbocycles. The maximum atomic E-state index is 11.6. The van der Waals surface area contributed by atoms with E-state index in [2.05, 4.69) is 6.26 Å². The molecule has 2 heterocycles. The Morgan fingerprint density at radius 1 is 1.38 bits per heavy atom. The molecule has 26 heavy (non-hydrogen) atoms. The van der Waals surface area contributed by atoms with Crippen molar-refractivity contribution in [2.45, 2.75) is 25.2 Å². The van der Waals surface area contributed by atoms with Gasteiger partial charge in [-0.1, -0.05) is 0 Å². The van der Waals surface area contributed by atoms with Gasteiger partial charge in [0.25, 0.3) is 0 Å². The lowest BCUT2D eigenvalue weighted by Crippen LogP contribution is -2.42. The van der Waals surface area contributed by atoms with Gasteiger partial charge in [0.1, 0.15) is 11.6 Å². The molecule has 2 aromatic rings. The minimum Gasteiger partial charge on any atom is -0.497 e. The van der Waals surface area contributed by atoms with E-state index in [0.717, 1.165) is 48.1 Å². The minimum absolute atomic E-state index is 0.133. The van der Waals surface area contributed by atoms with Crippen LogP contribution in [0.25, 0.3) is 5.69 Å². The average Bonchev–Trinajstić information content (AvgIpc) is 3.10. The van der Waals surface area contributed by atoms with Gasteiger partial charge in [0.05, 0.1) is 12.8 Å². The van der Waals surface area contributed by atoms with Crippen LogP contribution in [0.4, 0.5) is 4.79 Å². The summed E-state index contributed by atoms with van der Waals surface area (Å²) in [7, 11) is 1.65. The lowest BCUT2D eigenvalue weighted by atomic mass is 9.97. The van der Waals surface area contributed by atoms with Gasteiger partial charge in [0.2, 0.25) is 0 Å². The van der Waals surface area contributed by atoms with Gasteiger partial charge in [-0.05, 0) is 43.4 Å². The fraction of sp³-hybridized carbons (Fsp3) is 0.500. The molecule has 2 N–H and O–H groups in total. The predicted octanol–water partition coefficient (Wildman–Crippen LogP) is 2.44. The second kappa shape index (κ2) is 8.44. The van der Waals surface area contributed by atoms with Gasteiger partial charge in [-0.25, -0.2) is 14.5 Å². The van der Waals surface area contributed by atoms with Gasteiger partial charge in [0, 0.05) is 31.2 Å². The highest BCUT2D eigenvalue weighted by atomic mass is 32.2. The number of amides is 2. The lowest BCUT2D eigenvalue weighted by Gasteiger charge is -2.31. The third-order valence-electron chi connectivity index (χ3n) is 4.62. The number of likely N-dealkylation sites (tertiary alicyclic amines) is 1. The van der Waals surface area contributed by atoms with Crippen molar-refractivity contribution in [1.29, 1.82) is 0 Å². The Kier molecular flexibility index (Phi) is 6.03. The van der Waals surface area contributed by atoms with E-state index in [0.29, 0.717) is 13.1 Å². The lowest BCUT2D eigenvalue weighted by molar-refractivity contribution is 0.187. The second-order valence-corrected chi connectivity index (χ2v) is 7.35. The van der Waals surface area contributed by atoms with Crippen molar-refractivity contribution < 1.29 is 9.53 Å². The van der Waals surface area contributed by atoms with Gasteiger partial charge in [-0.15, -0.1) is 0 Å². The largest absolute Gasteiger partial charge is 0.497 e. The normalized spacial score (nSPS) is 17.3. The molecule has 1 saturated heterocycles. The first kappa shape index (κ1) is 18.6. The smallest absolute Gasteiger partial charge is 0.314 e. The van der Waals surface area contributed by atoms with E-state index in [4.69, 9.17) is 20.6 Å². The summed E-state index contributed by atoms with van der Waals surface area (Å²) in [6, 6.07) is 7.42. The number of piperidine rings is 1. The number of ether oxygens (including phenoxy) is 1. The van der Waals surface area contributed by atoms with Gasteiger partial charge in [0.15, 0.2) is 5.82 Å². The van der Waals surface area contributed by atoms with Crippen molar-refractivity contribution in [3.63, 3.8) is 0 Å². The molecule has 1 aliphatic rings. The highest BCUT2D eigenvalue weighted by Crippen LogP contribution is 2.28. The topological polar surface area (TPSA) is 86.3 Å². The number of nitrogens with zero attached hydrogens (tertiary/aromatic N) is 4. The molecule has 7 nitrogen and oxygen atoms in total. The number of thioether (sulfide) groups is 1. The van der Waals surface area contributed by atoms with Crippen LogP contribution >= 0.6 is 11.8 Å². The number of nitrogens with two attached hydrogens (primary N) is 1. The van der Waals surface area contributed by atoms with E-state index in [-0.39, 0.29) is 11.9 Å². The first-order chi connectivity index (χ1) is 12.6. The van der Waals surface area contributed by atoms with Crippen molar-refractivity contribution >= 4 is 17.8 Å². The summed E-state index contributed by atoms with van der Waals surface area (Å²) in [5, 5.41) is 4.74. The fourth-order valence-electron chi connectivity index (χ4n) is 3.23. The molecule has 0 saturated carbocycles. The summed E-state index contributed by atoms with van der Waals surface area (Å²) in [6.45, 7) is 1.30. The van der Waals surface area contributed by atoms with Crippen LogP contribution in [0.2, 0.25) is 0 Å². The number of benzene rings is 1. The molecule has 1 unspecified atom stereocenters. The summed E-state index contributed by atoms with van der Waals surface area (Å²) in [6.07, 6.45) is 4.79. The first-order valence-electron chi connectivity index (χ1n) is 8.76. The Morgan fingerprint density at radius 3 is 2.81 bits per heavy atom. The summed E-state index contributed by atoms with van der Waals surface area (Å²) >= 11 is 1.78. The van der Waals surface area contributed by atoms with Gasteiger partial charge in [-0.2, -0.15) is 16.9 Å². The van der Waals surface area contributed by atoms with E-state index in [1.807, 2.05) is 28.9 Å². The van der Waals surface area contributed by atoms with Crippen LogP contribution in [0.3, 0.4) is 0 Å². The van der Waals surface area contributed by atoms with Gasteiger partial charge in [-0.3, -0.25) is 0 Å². The maximum absolute atomic E-state index is 11.6. The molecule has 2 amide bonds. The van der Waals surface area contributed by atoms with E-state index in [9.17, 15) is 4.79 Å². The Balaban J connectivity index is 1.93. The molecule has 0 spiro atoms. The highest BCUT2D eigenvalue weighted by Gasteiger charge is 2.28. The zero-order chi connectivity index (χ0) is 18.5. The van der Waals surface area contributed by atoms with Crippen LogP contribution in [-0.2, 0) is 6.42 Å². The molecule has 1 aromatic heterocycles. The Bertz CT molecular complexity index is 747. The maximum Gasteiger partial charge on any atom is 0.314 e. The monoisotopic (exact) mass is 375 g/mol. The van der Waals surface area contributed by atoms with Crippen LogP contribution in [0.1, 0.15) is 30.4 Å². The zero-order valence-corrected chi connectivity index (χ0v) is 16.0. The minimum atomic E-state index is -0.368. The van der Waals surface area contributed by atoms with E-state index in [1.165, 1.54) is 0 Å². The number of methoxy groups -OCH3 is 1. The molecule has 1 atom stereocenters. The van der Waals surface area contributed by atoms with Crippen LogP contribution in [0, 0.1) is 0 Å². The second-order valence-electron chi connectivity index (χ2n) is 6.36. The number of primary amides is 1. The number of aromatic nitrogens is 3. The van der Waals surface area contributed by atoms with Crippen LogP contribution < -0.4 is 10.5 Å². The molecule has 0 aliphatic carbocycles. The van der Waals surface area contributed by atoms with Crippen LogP contribution in [-0.4, -0.2) is 57.9 Å². The Labute approximate surface area is 157 Å². The zero-order valence-electron chi connectivity index (χ0n) is 15.2. The van der Waals surface area contributed by atoms with Crippen molar-refractivity contribution in [3.8, 4) is 11.4 Å². The van der Waals surface area contributed by atoms with E-state index < -0.39 is 0 Å².